The number of hydrogen-bond donors (Lipinski definition) is 0. The first-order valence-corrected chi connectivity index (χ1v) is 7.69. The Morgan fingerprint density at radius 1 is 1.10 bits per heavy atom. The van der Waals surface area contributed by atoms with E-state index < -0.39 is 15.8 Å². The van der Waals surface area contributed by atoms with Gasteiger partial charge in [-0.3, -0.25) is 0 Å². The van der Waals surface area contributed by atoms with Gasteiger partial charge in [-0.15, -0.1) is 0 Å². The van der Waals surface area contributed by atoms with E-state index in [2.05, 4.69) is 0 Å². The maximum absolute atomic E-state index is 13.6. The van der Waals surface area contributed by atoms with Crippen molar-refractivity contribution in [3.8, 4) is 0 Å². The fourth-order valence-electron chi connectivity index (χ4n) is 1.77. The molecule has 2 rings (SSSR count). The first-order valence-electron chi connectivity index (χ1n) is 5.87. The minimum atomic E-state index is -3.75. The maximum Gasteiger partial charge on any atom is 0.244 e. The lowest BCUT2D eigenvalue weighted by Gasteiger charge is -2.18. The molecule has 0 aliphatic rings. The first-order chi connectivity index (χ1) is 9.43. The lowest BCUT2D eigenvalue weighted by Crippen LogP contribution is -2.27. The average Bonchev–Trinajstić information content (AvgIpc) is 2.41. The summed E-state index contributed by atoms with van der Waals surface area (Å²) in [5.41, 5.74) is 0.311. The molecule has 3 nitrogen and oxygen atoms in total. The summed E-state index contributed by atoms with van der Waals surface area (Å²) < 4.78 is 39.4. The molecular weight excluding hydrogens is 301 g/mol. The zero-order valence-electron chi connectivity index (χ0n) is 10.8. The third-order valence-electron chi connectivity index (χ3n) is 2.88. The first kappa shape index (κ1) is 15.0. The van der Waals surface area contributed by atoms with Crippen LogP contribution in [0.25, 0.3) is 0 Å². The quantitative estimate of drug-likeness (QED) is 0.868. The van der Waals surface area contributed by atoms with Crippen LogP contribution < -0.4 is 0 Å². The molecule has 0 aliphatic carbocycles. The molecule has 0 saturated heterocycles. The van der Waals surface area contributed by atoms with E-state index in [1.165, 1.54) is 25.2 Å². The highest BCUT2D eigenvalue weighted by molar-refractivity contribution is 7.89. The molecular formula is C14H13ClFNO2S. The number of sulfonamides is 1. The van der Waals surface area contributed by atoms with Crippen molar-refractivity contribution in [2.75, 3.05) is 7.05 Å². The monoisotopic (exact) mass is 313 g/mol. The minimum absolute atomic E-state index is 0.0144. The van der Waals surface area contributed by atoms with Crippen LogP contribution >= 0.6 is 11.6 Å². The average molecular weight is 314 g/mol. The Morgan fingerprint density at radius 2 is 1.70 bits per heavy atom. The second kappa shape index (κ2) is 5.91. The number of nitrogens with zero attached hydrogens (tertiary/aromatic N) is 1. The SMILES string of the molecule is CN(Cc1ccccc1F)S(=O)(=O)c1ccccc1Cl. The highest BCUT2D eigenvalue weighted by Gasteiger charge is 2.23. The molecule has 0 amide bonds. The Balaban J connectivity index is 2.31. The van der Waals surface area contributed by atoms with Gasteiger partial charge in [0.2, 0.25) is 10.0 Å². The van der Waals surface area contributed by atoms with E-state index in [0.29, 0.717) is 5.56 Å². The van der Waals surface area contributed by atoms with Crippen molar-refractivity contribution < 1.29 is 12.8 Å². The number of halogens is 2. The van der Waals surface area contributed by atoms with Crippen LogP contribution in [0.2, 0.25) is 5.02 Å². The van der Waals surface area contributed by atoms with Crippen LogP contribution in [0, 0.1) is 5.82 Å². The smallest absolute Gasteiger partial charge is 0.207 e. The van der Waals surface area contributed by atoms with E-state index in [9.17, 15) is 12.8 Å². The van der Waals surface area contributed by atoms with Gasteiger partial charge in [0.25, 0.3) is 0 Å². The standard InChI is InChI=1S/C14H13ClFNO2S/c1-17(10-11-6-2-4-8-13(11)16)20(18,19)14-9-5-3-7-12(14)15/h2-9H,10H2,1H3. The second-order valence-corrected chi connectivity index (χ2v) is 6.70. The summed E-state index contributed by atoms with van der Waals surface area (Å²) in [6.07, 6.45) is 0. The van der Waals surface area contributed by atoms with Crippen molar-refractivity contribution in [3.63, 3.8) is 0 Å². The molecule has 6 heteroatoms. The van der Waals surface area contributed by atoms with Gasteiger partial charge in [-0.05, 0) is 18.2 Å². The van der Waals surface area contributed by atoms with Gasteiger partial charge >= 0.3 is 0 Å². The Hall–Kier alpha value is -1.43. The van der Waals surface area contributed by atoms with Crippen molar-refractivity contribution in [3.05, 3.63) is 64.9 Å². The molecule has 0 atom stereocenters. The molecule has 0 aliphatic heterocycles. The topological polar surface area (TPSA) is 37.4 Å². The Labute approximate surface area is 122 Å². The molecule has 0 bridgehead atoms. The summed E-state index contributed by atoms with van der Waals surface area (Å²) in [6, 6.07) is 12.2. The van der Waals surface area contributed by atoms with E-state index >= 15 is 0 Å². The van der Waals surface area contributed by atoms with Crippen molar-refractivity contribution in [1.29, 1.82) is 0 Å². The Morgan fingerprint density at radius 3 is 2.35 bits per heavy atom. The Kier molecular flexibility index (Phi) is 4.42. The highest BCUT2D eigenvalue weighted by Crippen LogP contribution is 2.24. The molecule has 2 aromatic rings. The molecule has 106 valence electrons. The van der Waals surface area contributed by atoms with Crippen molar-refractivity contribution in [2.45, 2.75) is 11.4 Å². The number of rotatable bonds is 4. The van der Waals surface area contributed by atoms with Crippen LogP contribution in [0.5, 0.6) is 0 Å². The van der Waals surface area contributed by atoms with E-state index in [1.807, 2.05) is 0 Å². The van der Waals surface area contributed by atoms with Gasteiger partial charge in [-0.25, -0.2) is 12.8 Å². The van der Waals surface area contributed by atoms with E-state index in [-0.39, 0.29) is 16.5 Å². The largest absolute Gasteiger partial charge is 0.244 e. The summed E-state index contributed by atoms with van der Waals surface area (Å²) in [5.74, 6) is -0.436. The fraction of sp³-hybridized carbons (Fsp3) is 0.143. The molecule has 20 heavy (non-hydrogen) atoms. The summed E-state index contributed by atoms with van der Waals surface area (Å²) in [5, 5.41) is 0.146. The zero-order valence-corrected chi connectivity index (χ0v) is 12.3. The molecule has 0 saturated carbocycles. The summed E-state index contributed by atoms with van der Waals surface area (Å²) in [4.78, 5) is 0.0144. The lowest BCUT2D eigenvalue weighted by molar-refractivity contribution is 0.456. The summed E-state index contributed by atoms with van der Waals surface area (Å²) in [7, 11) is -2.36. The van der Waals surface area contributed by atoms with E-state index in [4.69, 9.17) is 11.6 Å². The van der Waals surface area contributed by atoms with Crippen molar-refractivity contribution >= 4 is 21.6 Å². The van der Waals surface area contributed by atoms with Crippen LogP contribution in [-0.2, 0) is 16.6 Å². The van der Waals surface area contributed by atoms with Crippen molar-refractivity contribution in [1.82, 2.24) is 4.31 Å². The van der Waals surface area contributed by atoms with E-state index in [0.717, 1.165) is 4.31 Å². The molecule has 0 aromatic heterocycles. The molecule has 0 unspecified atom stereocenters. The predicted molar refractivity (Wildman–Crippen MR) is 76.5 cm³/mol. The highest BCUT2D eigenvalue weighted by atomic mass is 35.5. The third kappa shape index (κ3) is 3.00. The predicted octanol–water partition coefficient (Wildman–Crippen LogP) is 3.30. The summed E-state index contributed by atoms with van der Waals surface area (Å²) >= 11 is 5.91. The van der Waals surface area contributed by atoms with Gasteiger partial charge in [-0.1, -0.05) is 41.9 Å². The van der Waals surface area contributed by atoms with Crippen LogP contribution in [0.1, 0.15) is 5.56 Å². The van der Waals surface area contributed by atoms with Gasteiger partial charge in [0, 0.05) is 19.2 Å². The van der Waals surface area contributed by atoms with Gasteiger partial charge in [0.15, 0.2) is 0 Å². The van der Waals surface area contributed by atoms with Gasteiger partial charge in [-0.2, -0.15) is 4.31 Å². The van der Waals surface area contributed by atoms with Crippen LogP contribution in [0.4, 0.5) is 4.39 Å². The van der Waals surface area contributed by atoms with Crippen LogP contribution in [0.15, 0.2) is 53.4 Å². The molecule has 0 spiro atoms. The Bertz CT molecular complexity index is 719. The second-order valence-electron chi connectivity index (χ2n) is 4.28. The molecule has 2 aromatic carbocycles. The van der Waals surface area contributed by atoms with Crippen LogP contribution in [0.3, 0.4) is 0 Å². The number of benzene rings is 2. The maximum atomic E-state index is 13.6. The lowest BCUT2D eigenvalue weighted by atomic mass is 10.2. The van der Waals surface area contributed by atoms with Gasteiger partial charge in [0.1, 0.15) is 10.7 Å². The van der Waals surface area contributed by atoms with Gasteiger partial charge < -0.3 is 0 Å². The van der Waals surface area contributed by atoms with E-state index in [1.54, 1.807) is 30.3 Å². The molecule has 0 radical (unpaired) electrons. The molecule has 0 N–H and O–H groups in total. The normalized spacial score (nSPS) is 11.8. The van der Waals surface area contributed by atoms with Gasteiger partial charge in [0.05, 0.1) is 5.02 Å². The third-order valence-corrected chi connectivity index (χ3v) is 5.18. The zero-order chi connectivity index (χ0) is 14.8. The fourth-order valence-corrected chi connectivity index (χ4v) is 3.41. The molecule has 0 heterocycles. The minimum Gasteiger partial charge on any atom is -0.207 e. The van der Waals surface area contributed by atoms with Crippen LogP contribution in [-0.4, -0.2) is 19.8 Å². The molecule has 0 fully saturated rings. The number of hydrogen-bond acceptors (Lipinski definition) is 2. The van der Waals surface area contributed by atoms with Crippen molar-refractivity contribution in [2.24, 2.45) is 0 Å². The summed E-state index contributed by atoms with van der Waals surface area (Å²) in [6.45, 7) is -0.0553.